The Balaban J connectivity index is 2.30. The molecule has 2 aromatic carbocycles. The lowest BCUT2D eigenvalue weighted by molar-refractivity contribution is 1.23. The molecule has 6 heteroatoms. The van der Waals surface area contributed by atoms with Crippen LogP contribution in [0.15, 0.2) is 46.6 Å². The molecule has 0 atom stereocenters. The van der Waals surface area contributed by atoms with Crippen molar-refractivity contribution in [1.29, 1.82) is 0 Å². The maximum absolute atomic E-state index is 8.68. The molecular weight excluding hydrogens is 240 g/mol. The van der Waals surface area contributed by atoms with Crippen molar-refractivity contribution < 1.29 is 0 Å². The highest BCUT2D eigenvalue weighted by Crippen LogP contribution is 2.45. The molecule has 19 heavy (non-hydrogen) atoms. The molecule has 1 aliphatic carbocycles. The Kier molecular flexibility index (Phi) is 2.58. The second-order valence-corrected chi connectivity index (χ2v) is 4.17. The smallest absolute Gasteiger partial charge is 0.0512 e. The van der Waals surface area contributed by atoms with Crippen LogP contribution in [-0.2, 0) is 6.42 Å². The average Bonchev–Trinajstić information content (AvgIpc) is 2.81. The lowest BCUT2D eigenvalue weighted by Crippen LogP contribution is -1.81. The van der Waals surface area contributed by atoms with Crippen molar-refractivity contribution in [3.05, 3.63) is 68.4 Å². The maximum atomic E-state index is 8.68. The molecule has 6 nitrogen and oxygen atoms in total. The summed E-state index contributed by atoms with van der Waals surface area (Å²) in [5.41, 5.74) is 22.3. The quantitative estimate of drug-likeness (QED) is 0.340. The highest BCUT2D eigenvalue weighted by atomic mass is 15.2. The fourth-order valence-corrected chi connectivity index (χ4v) is 2.47. The van der Waals surface area contributed by atoms with Gasteiger partial charge < -0.3 is 0 Å². The van der Waals surface area contributed by atoms with Gasteiger partial charge in [-0.3, -0.25) is 0 Å². The van der Waals surface area contributed by atoms with Gasteiger partial charge in [-0.05, 0) is 39.7 Å². The van der Waals surface area contributed by atoms with Crippen LogP contribution < -0.4 is 0 Å². The van der Waals surface area contributed by atoms with Gasteiger partial charge in [0.15, 0.2) is 0 Å². The molecule has 0 amide bonds. The Bertz CT molecular complexity index is 767. The van der Waals surface area contributed by atoms with Crippen LogP contribution in [0.2, 0.25) is 0 Å². The van der Waals surface area contributed by atoms with Crippen LogP contribution in [0.5, 0.6) is 0 Å². The van der Waals surface area contributed by atoms with Gasteiger partial charge in [0.05, 0.1) is 5.69 Å². The van der Waals surface area contributed by atoms with Crippen LogP contribution in [0.3, 0.4) is 0 Å². The zero-order chi connectivity index (χ0) is 13.2. The largest absolute Gasteiger partial charge is 0.0619 e. The summed E-state index contributed by atoms with van der Waals surface area (Å²) in [4.78, 5) is 5.60. The molecule has 0 radical (unpaired) electrons. The monoisotopic (exact) mass is 248 g/mol. The van der Waals surface area contributed by atoms with Gasteiger partial charge in [0.2, 0.25) is 0 Å². The number of nitrogens with zero attached hydrogens (tertiary/aromatic N) is 6. The van der Waals surface area contributed by atoms with E-state index in [2.05, 4.69) is 20.1 Å². The molecule has 0 saturated heterocycles. The number of hydrogen-bond acceptors (Lipinski definition) is 2. The summed E-state index contributed by atoms with van der Waals surface area (Å²) >= 11 is 0. The number of azide groups is 2. The van der Waals surface area contributed by atoms with Crippen molar-refractivity contribution >= 4 is 11.4 Å². The first-order chi connectivity index (χ1) is 9.35. The van der Waals surface area contributed by atoms with E-state index in [4.69, 9.17) is 11.1 Å². The molecule has 0 aromatic heterocycles. The standard InChI is InChI=1S/C13H8N6/c14-18-16-12-6-5-10-9-4-2-1-3-8(9)7-11(10)13(12)17-19-15/h1-6H,7H2. The van der Waals surface area contributed by atoms with Crippen molar-refractivity contribution in [2.45, 2.75) is 6.42 Å². The van der Waals surface area contributed by atoms with Gasteiger partial charge in [0, 0.05) is 15.5 Å². The zero-order valence-electron chi connectivity index (χ0n) is 9.85. The van der Waals surface area contributed by atoms with Crippen LogP contribution in [-0.4, -0.2) is 0 Å². The molecule has 0 heterocycles. The summed E-state index contributed by atoms with van der Waals surface area (Å²) in [5, 5.41) is 7.28. The molecule has 0 unspecified atom stereocenters. The lowest BCUT2D eigenvalue weighted by Gasteiger charge is -2.06. The predicted octanol–water partition coefficient (Wildman–Crippen LogP) is 5.14. The third-order valence-corrected chi connectivity index (χ3v) is 3.23. The minimum Gasteiger partial charge on any atom is -0.0619 e. The normalized spacial score (nSPS) is 10.9. The third-order valence-electron chi connectivity index (χ3n) is 3.23. The molecule has 90 valence electrons. The van der Waals surface area contributed by atoms with Crippen LogP contribution in [0.4, 0.5) is 11.4 Å². The van der Waals surface area contributed by atoms with Crippen molar-refractivity contribution in [3.63, 3.8) is 0 Å². The molecule has 0 aliphatic heterocycles. The SMILES string of the molecule is [N-]=[N+]=Nc1ccc2c(c1N=[N+]=[N-])Cc1ccccc1-2. The molecule has 0 saturated carbocycles. The first-order valence-electron chi connectivity index (χ1n) is 5.69. The summed E-state index contributed by atoms with van der Waals surface area (Å²) < 4.78 is 0. The van der Waals surface area contributed by atoms with Crippen LogP contribution >= 0.6 is 0 Å². The maximum Gasteiger partial charge on any atom is 0.0512 e. The van der Waals surface area contributed by atoms with Crippen molar-refractivity contribution in [2.24, 2.45) is 10.2 Å². The number of fused-ring (bicyclic) bond motifs is 3. The van der Waals surface area contributed by atoms with E-state index in [0.29, 0.717) is 17.8 Å². The molecular formula is C13H8N6. The first-order valence-corrected chi connectivity index (χ1v) is 5.69. The Morgan fingerprint density at radius 1 is 0.895 bits per heavy atom. The number of hydrogen-bond donors (Lipinski definition) is 0. The Hall–Kier alpha value is -2.94. The number of rotatable bonds is 2. The van der Waals surface area contributed by atoms with Crippen LogP contribution in [0.25, 0.3) is 32.0 Å². The fraction of sp³-hybridized carbons (Fsp3) is 0.0769. The molecule has 3 rings (SSSR count). The summed E-state index contributed by atoms with van der Waals surface area (Å²) in [6.07, 6.45) is 0.689. The third kappa shape index (κ3) is 1.68. The van der Waals surface area contributed by atoms with Gasteiger partial charge in [0.1, 0.15) is 0 Å². The van der Waals surface area contributed by atoms with Crippen molar-refractivity contribution in [2.75, 3.05) is 0 Å². The zero-order valence-corrected chi connectivity index (χ0v) is 9.85. The second kappa shape index (κ2) is 4.38. The summed E-state index contributed by atoms with van der Waals surface area (Å²) in [7, 11) is 0. The van der Waals surface area contributed by atoms with Gasteiger partial charge in [0.25, 0.3) is 0 Å². The molecule has 2 aromatic rings. The van der Waals surface area contributed by atoms with Crippen molar-refractivity contribution in [3.8, 4) is 11.1 Å². The Morgan fingerprint density at radius 2 is 1.68 bits per heavy atom. The van der Waals surface area contributed by atoms with E-state index < -0.39 is 0 Å². The van der Waals surface area contributed by atoms with Gasteiger partial charge >= 0.3 is 0 Å². The minimum absolute atomic E-state index is 0.367. The highest BCUT2D eigenvalue weighted by Gasteiger charge is 2.21. The summed E-state index contributed by atoms with van der Waals surface area (Å²) in [6.45, 7) is 0. The van der Waals surface area contributed by atoms with E-state index in [9.17, 15) is 0 Å². The van der Waals surface area contributed by atoms with Crippen molar-refractivity contribution in [1.82, 2.24) is 0 Å². The predicted molar refractivity (Wildman–Crippen MR) is 72.3 cm³/mol. The van der Waals surface area contributed by atoms with E-state index in [-0.39, 0.29) is 0 Å². The summed E-state index contributed by atoms with van der Waals surface area (Å²) in [5.74, 6) is 0. The van der Waals surface area contributed by atoms with Gasteiger partial charge in [-0.1, -0.05) is 46.6 Å². The van der Waals surface area contributed by atoms with E-state index >= 15 is 0 Å². The average molecular weight is 248 g/mol. The van der Waals surface area contributed by atoms with Gasteiger partial charge in [-0.15, -0.1) is 0 Å². The topological polar surface area (TPSA) is 97.5 Å². The molecule has 0 fully saturated rings. The van der Waals surface area contributed by atoms with Gasteiger partial charge in [-0.25, -0.2) is 0 Å². The molecule has 1 aliphatic rings. The van der Waals surface area contributed by atoms with E-state index in [1.54, 1.807) is 6.07 Å². The highest BCUT2D eigenvalue weighted by molar-refractivity contribution is 5.85. The van der Waals surface area contributed by atoms with Crippen LogP contribution in [0, 0.1) is 0 Å². The van der Waals surface area contributed by atoms with E-state index in [1.807, 2.05) is 30.3 Å². The Labute approximate surface area is 108 Å². The molecule has 0 N–H and O–H groups in total. The minimum atomic E-state index is 0.367. The second-order valence-electron chi connectivity index (χ2n) is 4.17. The van der Waals surface area contributed by atoms with Gasteiger partial charge in [-0.2, -0.15) is 0 Å². The Morgan fingerprint density at radius 3 is 2.47 bits per heavy atom. The first kappa shape index (κ1) is 11.2. The number of benzene rings is 2. The molecule has 0 spiro atoms. The lowest BCUT2D eigenvalue weighted by atomic mass is 10.0. The molecule has 0 bridgehead atoms. The summed E-state index contributed by atoms with van der Waals surface area (Å²) in [6, 6.07) is 11.6. The van der Waals surface area contributed by atoms with E-state index in [0.717, 1.165) is 16.7 Å². The fourth-order valence-electron chi connectivity index (χ4n) is 2.47. The van der Waals surface area contributed by atoms with Crippen LogP contribution in [0.1, 0.15) is 11.1 Å². The van der Waals surface area contributed by atoms with E-state index in [1.165, 1.54) is 5.56 Å².